The van der Waals surface area contributed by atoms with Gasteiger partial charge in [-0.1, -0.05) is 25.3 Å². The number of aliphatic hydroxyl groups excluding tert-OH is 1. The maximum Gasteiger partial charge on any atom is 0.220 e. The zero-order chi connectivity index (χ0) is 15.4. The third-order valence-corrected chi connectivity index (χ3v) is 4.15. The molecule has 1 aliphatic carbocycles. The van der Waals surface area contributed by atoms with Crippen LogP contribution in [0.1, 0.15) is 50.7 Å². The highest BCUT2D eigenvalue weighted by molar-refractivity contribution is 5.76. The van der Waals surface area contributed by atoms with Crippen LogP contribution in [0.3, 0.4) is 0 Å². The standard InChI is InChI=1S/C16H21F2NO2/c1-10(19-15(20)8-5-11-3-2-4-11)16(21)12-6-7-13(17)14(18)9-12/h6-7,9-11,16,21H,2-5,8H2,1H3,(H,19,20). The molecule has 21 heavy (non-hydrogen) atoms. The maximum atomic E-state index is 13.1. The van der Waals surface area contributed by atoms with Gasteiger partial charge in [-0.3, -0.25) is 4.79 Å². The number of aliphatic hydroxyl groups is 1. The quantitative estimate of drug-likeness (QED) is 0.847. The summed E-state index contributed by atoms with van der Waals surface area (Å²) in [4.78, 5) is 11.8. The highest BCUT2D eigenvalue weighted by atomic mass is 19.2. The van der Waals surface area contributed by atoms with Crippen LogP contribution < -0.4 is 5.32 Å². The number of rotatable bonds is 6. The number of halogens is 2. The van der Waals surface area contributed by atoms with E-state index in [1.807, 2.05) is 0 Å². The van der Waals surface area contributed by atoms with Gasteiger partial charge < -0.3 is 10.4 Å². The summed E-state index contributed by atoms with van der Waals surface area (Å²) in [5.74, 6) is -1.42. The summed E-state index contributed by atoms with van der Waals surface area (Å²) in [6.07, 6.45) is 3.89. The first-order chi connectivity index (χ1) is 9.97. The van der Waals surface area contributed by atoms with E-state index < -0.39 is 23.8 Å². The minimum absolute atomic E-state index is 0.115. The molecule has 2 atom stereocenters. The first-order valence-electron chi connectivity index (χ1n) is 7.39. The van der Waals surface area contributed by atoms with Crippen molar-refractivity contribution < 1.29 is 18.7 Å². The second kappa shape index (κ2) is 6.98. The Morgan fingerprint density at radius 2 is 2.10 bits per heavy atom. The molecule has 1 amide bonds. The summed E-state index contributed by atoms with van der Waals surface area (Å²) in [5, 5.41) is 12.8. The third kappa shape index (κ3) is 4.24. The normalized spacial score (nSPS) is 17.9. The fourth-order valence-corrected chi connectivity index (χ4v) is 2.51. The lowest BCUT2D eigenvalue weighted by Gasteiger charge is -2.25. The van der Waals surface area contributed by atoms with Crippen molar-refractivity contribution in [2.24, 2.45) is 5.92 Å². The molecule has 0 spiro atoms. The van der Waals surface area contributed by atoms with Crippen LogP contribution in [0.5, 0.6) is 0 Å². The fraction of sp³-hybridized carbons (Fsp3) is 0.562. The van der Waals surface area contributed by atoms with E-state index in [0.717, 1.165) is 18.6 Å². The summed E-state index contributed by atoms with van der Waals surface area (Å²) >= 11 is 0. The van der Waals surface area contributed by atoms with Crippen LogP contribution in [0.2, 0.25) is 0 Å². The molecule has 0 radical (unpaired) electrons. The number of hydrogen-bond donors (Lipinski definition) is 2. The smallest absolute Gasteiger partial charge is 0.220 e. The summed E-state index contributed by atoms with van der Waals surface area (Å²) < 4.78 is 26.0. The van der Waals surface area contributed by atoms with Gasteiger partial charge in [-0.15, -0.1) is 0 Å². The largest absolute Gasteiger partial charge is 0.386 e. The monoisotopic (exact) mass is 297 g/mol. The molecule has 0 saturated heterocycles. The highest BCUT2D eigenvalue weighted by Gasteiger charge is 2.22. The third-order valence-electron chi connectivity index (χ3n) is 4.15. The predicted octanol–water partition coefficient (Wildman–Crippen LogP) is 3.08. The van der Waals surface area contributed by atoms with Gasteiger partial charge in [0.05, 0.1) is 12.1 Å². The van der Waals surface area contributed by atoms with Crippen molar-refractivity contribution in [1.82, 2.24) is 5.32 Å². The van der Waals surface area contributed by atoms with E-state index in [0.29, 0.717) is 12.3 Å². The van der Waals surface area contributed by atoms with Crippen molar-refractivity contribution in [2.75, 3.05) is 0 Å². The van der Waals surface area contributed by atoms with Crippen molar-refractivity contribution in [1.29, 1.82) is 0 Å². The Morgan fingerprint density at radius 3 is 2.67 bits per heavy atom. The Bertz CT molecular complexity index is 503. The number of amides is 1. The first-order valence-corrected chi connectivity index (χ1v) is 7.39. The first kappa shape index (κ1) is 15.9. The van der Waals surface area contributed by atoms with Gasteiger partial charge in [0, 0.05) is 6.42 Å². The average Bonchev–Trinajstić information content (AvgIpc) is 2.39. The van der Waals surface area contributed by atoms with Gasteiger partial charge in [0.2, 0.25) is 5.91 Å². The Labute approximate surface area is 123 Å². The molecule has 5 heteroatoms. The van der Waals surface area contributed by atoms with E-state index in [-0.39, 0.29) is 11.5 Å². The molecule has 116 valence electrons. The van der Waals surface area contributed by atoms with Crippen LogP contribution in [-0.4, -0.2) is 17.1 Å². The van der Waals surface area contributed by atoms with Crippen LogP contribution in [0, 0.1) is 17.6 Å². The zero-order valence-corrected chi connectivity index (χ0v) is 12.1. The number of nitrogens with one attached hydrogen (secondary N) is 1. The van der Waals surface area contributed by atoms with E-state index in [9.17, 15) is 18.7 Å². The van der Waals surface area contributed by atoms with Crippen molar-refractivity contribution in [3.63, 3.8) is 0 Å². The average molecular weight is 297 g/mol. The molecule has 1 saturated carbocycles. The molecule has 1 aromatic rings. The molecule has 0 aromatic heterocycles. The van der Waals surface area contributed by atoms with Gasteiger partial charge >= 0.3 is 0 Å². The molecule has 2 unspecified atom stereocenters. The van der Waals surface area contributed by atoms with E-state index >= 15 is 0 Å². The number of hydrogen-bond acceptors (Lipinski definition) is 2. The molecule has 1 aliphatic rings. The van der Waals surface area contributed by atoms with Crippen LogP contribution >= 0.6 is 0 Å². The van der Waals surface area contributed by atoms with Crippen LogP contribution in [0.25, 0.3) is 0 Å². The van der Waals surface area contributed by atoms with Gasteiger partial charge in [0.25, 0.3) is 0 Å². The van der Waals surface area contributed by atoms with Crippen molar-refractivity contribution in [3.8, 4) is 0 Å². The van der Waals surface area contributed by atoms with Gasteiger partial charge in [-0.05, 0) is 37.0 Å². The molecule has 2 rings (SSSR count). The van der Waals surface area contributed by atoms with Crippen molar-refractivity contribution >= 4 is 5.91 Å². The van der Waals surface area contributed by atoms with E-state index in [4.69, 9.17) is 0 Å². The molecule has 1 fully saturated rings. The van der Waals surface area contributed by atoms with Crippen molar-refractivity contribution in [2.45, 2.75) is 51.2 Å². The van der Waals surface area contributed by atoms with Gasteiger partial charge in [0.15, 0.2) is 11.6 Å². The molecular weight excluding hydrogens is 276 g/mol. The van der Waals surface area contributed by atoms with Crippen LogP contribution in [0.4, 0.5) is 8.78 Å². The lowest BCUT2D eigenvalue weighted by Crippen LogP contribution is -2.37. The Morgan fingerprint density at radius 1 is 1.38 bits per heavy atom. The Kier molecular flexibility index (Phi) is 5.28. The lowest BCUT2D eigenvalue weighted by atomic mass is 9.82. The van der Waals surface area contributed by atoms with Crippen molar-refractivity contribution in [3.05, 3.63) is 35.4 Å². The molecule has 0 heterocycles. The molecule has 3 nitrogen and oxygen atoms in total. The molecule has 2 N–H and O–H groups in total. The Hall–Kier alpha value is -1.49. The summed E-state index contributed by atoms with van der Waals surface area (Å²) in [5.41, 5.74) is 0.251. The molecular formula is C16H21F2NO2. The number of benzene rings is 1. The van der Waals surface area contributed by atoms with E-state index in [1.165, 1.54) is 25.3 Å². The fourth-order valence-electron chi connectivity index (χ4n) is 2.51. The van der Waals surface area contributed by atoms with Crippen LogP contribution in [0.15, 0.2) is 18.2 Å². The maximum absolute atomic E-state index is 13.1. The molecule has 0 aliphatic heterocycles. The second-order valence-corrected chi connectivity index (χ2v) is 5.81. The molecule has 0 bridgehead atoms. The minimum Gasteiger partial charge on any atom is -0.386 e. The SMILES string of the molecule is CC(NC(=O)CCC1CCC1)C(O)c1ccc(F)c(F)c1. The van der Waals surface area contributed by atoms with Gasteiger partial charge in [-0.2, -0.15) is 0 Å². The predicted molar refractivity (Wildman–Crippen MR) is 75.5 cm³/mol. The van der Waals surface area contributed by atoms with E-state index in [1.54, 1.807) is 6.92 Å². The highest BCUT2D eigenvalue weighted by Crippen LogP contribution is 2.30. The minimum atomic E-state index is -1.06. The second-order valence-electron chi connectivity index (χ2n) is 5.81. The molecule has 1 aromatic carbocycles. The van der Waals surface area contributed by atoms with Gasteiger partial charge in [-0.25, -0.2) is 8.78 Å². The van der Waals surface area contributed by atoms with Crippen LogP contribution in [-0.2, 0) is 4.79 Å². The number of carbonyl (C=O) groups excluding carboxylic acids is 1. The summed E-state index contributed by atoms with van der Waals surface area (Å²) in [6.45, 7) is 1.65. The number of carbonyl (C=O) groups is 1. The topological polar surface area (TPSA) is 49.3 Å². The van der Waals surface area contributed by atoms with E-state index in [2.05, 4.69) is 5.32 Å². The summed E-state index contributed by atoms with van der Waals surface area (Å²) in [7, 11) is 0. The zero-order valence-electron chi connectivity index (χ0n) is 12.1. The van der Waals surface area contributed by atoms with Gasteiger partial charge in [0.1, 0.15) is 0 Å². The Balaban J connectivity index is 1.84. The summed E-state index contributed by atoms with van der Waals surface area (Å²) in [6, 6.07) is 2.69. The lowest BCUT2D eigenvalue weighted by molar-refractivity contribution is -0.122.